The van der Waals surface area contributed by atoms with Crippen molar-refractivity contribution < 1.29 is 4.79 Å². The Morgan fingerprint density at radius 2 is 2.40 bits per heavy atom. The molecule has 15 heavy (non-hydrogen) atoms. The molecule has 0 unspecified atom stereocenters. The molecule has 6 heteroatoms. The molecule has 0 aromatic carbocycles. The zero-order chi connectivity index (χ0) is 10.7. The number of nitrogens with one attached hydrogen (secondary N) is 3. The zero-order valence-corrected chi connectivity index (χ0v) is 9.02. The minimum absolute atomic E-state index is 0.0496. The second kappa shape index (κ2) is 4.59. The second-order valence-electron chi connectivity index (χ2n) is 3.68. The number of rotatable bonds is 4. The van der Waals surface area contributed by atoms with Crippen LogP contribution >= 0.6 is 11.3 Å². The Morgan fingerprint density at radius 1 is 1.60 bits per heavy atom. The molecule has 82 valence electrons. The van der Waals surface area contributed by atoms with Gasteiger partial charge >= 0.3 is 4.87 Å². The van der Waals surface area contributed by atoms with Crippen molar-refractivity contribution in [2.45, 2.75) is 13.0 Å². The van der Waals surface area contributed by atoms with Crippen molar-refractivity contribution in [1.82, 2.24) is 15.6 Å². The van der Waals surface area contributed by atoms with E-state index in [9.17, 15) is 9.59 Å². The summed E-state index contributed by atoms with van der Waals surface area (Å²) in [5.41, 5.74) is 0.769. The van der Waals surface area contributed by atoms with Crippen molar-refractivity contribution in [3.63, 3.8) is 0 Å². The number of hydrogen-bond acceptors (Lipinski definition) is 4. The molecule has 0 aliphatic carbocycles. The first-order chi connectivity index (χ1) is 7.24. The van der Waals surface area contributed by atoms with Crippen LogP contribution in [0.1, 0.15) is 12.1 Å². The lowest BCUT2D eigenvalue weighted by Crippen LogP contribution is -2.44. The number of carbonyl (C=O) groups excluding carboxylic acids is 1. The molecule has 0 atom stereocenters. The lowest BCUT2D eigenvalue weighted by atomic mass is 9.99. The van der Waals surface area contributed by atoms with Crippen LogP contribution in [0.4, 0.5) is 0 Å². The van der Waals surface area contributed by atoms with E-state index < -0.39 is 0 Å². The molecule has 1 amide bonds. The Labute approximate surface area is 90.9 Å². The number of carbonyl (C=O) groups is 1. The van der Waals surface area contributed by atoms with Gasteiger partial charge in [0.1, 0.15) is 0 Å². The Bertz CT molecular complexity index is 394. The third-order valence-corrected chi connectivity index (χ3v) is 3.11. The van der Waals surface area contributed by atoms with E-state index in [1.54, 1.807) is 5.38 Å². The Hall–Kier alpha value is -1.14. The molecule has 0 spiro atoms. The van der Waals surface area contributed by atoms with Crippen molar-refractivity contribution >= 4 is 17.2 Å². The van der Waals surface area contributed by atoms with E-state index in [4.69, 9.17) is 0 Å². The van der Waals surface area contributed by atoms with E-state index in [2.05, 4.69) is 15.6 Å². The molecule has 1 aliphatic heterocycles. The van der Waals surface area contributed by atoms with Gasteiger partial charge in [0.25, 0.3) is 0 Å². The summed E-state index contributed by atoms with van der Waals surface area (Å²) < 4.78 is 0. The van der Waals surface area contributed by atoms with E-state index in [0.717, 1.165) is 30.1 Å². The van der Waals surface area contributed by atoms with Crippen LogP contribution in [0.25, 0.3) is 0 Å². The van der Waals surface area contributed by atoms with Crippen molar-refractivity contribution in [2.75, 3.05) is 13.1 Å². The van der Waals surface area contributed by atoms with Gasteiger partial charge in [0.2, 0.25) is 5.91 Å². The van der Waals surface area contributed by atoms with Crippen molar-refractivity contribution in [2.24, 2.45) is 5.92 Å². The van der Waals surface area contributed by atoms with Crippen LogP contribution in [0.15, 0.2) is 10.2 Å². The van der Waals surface area contributed by atoms with Gasteiger partial charge in [0.15, 0.2) is 0 Å². The molecule has 1 fully saturated rings. The predicted molar refractivity (Wildman–Crippen MR) is 57.8 cm³/mol. The number of amides is 1. The normalized spacial score (nSPS) is 16.0. The van der Waals surface area contributed by atoms with Gasteiger partial charge in [0.05, 0.1) is 6.54 Å². The van der Waals surface area contributed by atoms with Crippen LogP contribution in [0.2, 0.25) is 0 Å². The summed E-state index contributed by atoms with van der Waals surface area (Å²) >= 11 is 1.11. The smallest absolute Gasteiger partial charge is 0.304 e. The minimum atomic E-state index is -0.0811. The fourth-order valence-electron chi connectivity index (χ4n) is 1.42. The molecule has 1 saturated heterocycles. The lowest BCUT2D eigenvalue weighted by Gasteiger charge is -2.26. The molecule has 1 aromatic rings. The maximum atomic E-state index is 11.4. The summed E-state index contributed by atoms with van der Waals surface area (Å²) in [4.78, 5) is 24.8. The Balaban J connectivity index is 1.72. The minimum Gasteiger partial charge on any atom is -0.350 e. The molecular weight excluding hydrogens is 214 g/mol. The van der Waals surface area contributed by atoms with Crippen LogP contribution in [-0.4, -0.2) is 24.0 Å². The maximum absolute atomic E-state index is 11.4. The van der Waals surface area contributed by atoms with Crippen LogP contribution in [0.3, 0.4) is 0 Å². The monoisotopic (exact) mass is 227 g/mol. The molecule has 0 saturated carbocycles. The van der Waals surface area contributed by atoms with Gasteiger partial charge in [-0.1, -0.05) is 11.3 Å². The van der Waals surface area contributed by atoms with E-state index in [1.807, 2.05) is 0 Å². The average Bonchev–Trinajstić information content (AvgIpc) is 2.55. The summed E-state index contributed by atoms with van der Waals surface area (Å²) in [7, 11) is 0. The van der Waals surface area contributed by atoms with Crippen molar-refractivity contribution in [1.29, 1.82) is 0 Å². The molecule has 3 N–H and O–H groups in total. The number of H-pyrrole nitrogens is 1. The van der Waals surface area contributed by atoms with Crippen molar-refractivity contribution in [3.8, 4) is 0 Å². The van der Waals surface area contributed by atoms with Gasteiger partial charge in [-0.25, -0.2) is 0 Å². The average molecular weight is 227 g/mol. The quantitative estimate of drug-likeness (QED) is 0.659. The number of aromatic nitrogens is 1. The highest BCUT2D eigenvalue weighted by molar-refractivity contribution is 7.07. The molecule has 1 aliphatic rings. The lowest BCUT2D eigenvalue weighted by molar-refractivity contribution is -0.122. The summed E-state index contributed by atoms with van der Waals surface area (Å²) in [6, 6.07) is 0. The third kappa shape index (κ3) is 2.90. The standard InChI is InChI=1S/C9H13N3O2S/c13-8(1-6-2-10-3-6)11-4-7-5-15-9(14)12-7/h5-6,10H,1-4H2,(H,11,13)(H,12,14). The fraction of sp³-hybridized carbons (Fsp3) is 0.556. The summed E-state index contributed by atoms with van der Waals surface area (Å²) in [6.45, 7) is 2.28. The molecular formula is C9H13N3O2S. The van der Waals surface area contributed by atoms with E-state index in [1.165, 1.54) is 0 Å². The zero-order valence-electron chi connectivity index (χ0n) is 8.21. The van der Waals surface area contributed by atoms with Gasteiger partial charge in [0, 0.05) is 17.5 Å². The highest BCUT2D eigenvalue weighted by atomic mass is 32.1. The van der Waals surface area contributed by atoms with Gasteiger partial charge in [-0.15, -0.1) is 0 Å². The van der Waals surface area contributed by atoms with Crippen LogP contribution < -0.4 is 15.5 Å². The van der Waals surface area contributed by atoms with Gasteiger partial charge in [-0.2, -0.15) is 0 Å². The van der Waals surface area contributed by atoms with Crippen LogP contribution in [0, 0.1) is 5.92 Å². The first-order valence-electron chi connectivity index (χ1n) is 4.88. The van der Waals surface area contributed by atoms with Crippen LogP contribution in [0.5, 0.6) is 0 Å². The van der Waals surface area contributed by atoms with E-state index in [0.29, 0.717) is 18.9 Å². The number of hydrogen-bond donors (Lipinski definition) is 3. The second-order valence-corrected chi connectivity index (χ2v) is 4.52. The fourth-order valence-corrected chi connectivity index (χ4v) is 2.00. The molecule has 1 aromatic heterocycles. The van der Waals surface area contributed by atoms with E-state index >= 15 is 0 Å². The first kappa shape index (κ1) is 10.4. The summed E-state index contributed by atoms with van der Waals surface area (Å²) in [5.74, 6) is 0.528. The molecule has 2 heterocycles. The molecule has 2 rings (SSSR count). The van der Waals surface area contributed by atoms with Gasteiger partial charge < -0.3 is 15.6 Å². The first-order valence-corrected chi connectivity index (χ1v) is 5.76. The predicted octanol–water partition coefficient (Wildman–Crippen LogP) is -0.338. The SMILES string of the molecule is O=C(CC1CNC1)NCc1csc(=O)[nH]1. The molecule has 0 radical (unpaired) electrons. The topological polar surface area (TPSA) is 74.0 Å². The largest absolute Gasteiger partial charge is 0.350 e. The third-order valence-electron chi connectivity index (χ3n) is 2.39. The molecule has 5 nitrogen and oxygen atoms in total. The van der Waals surface area contributed by atoms with Crippen LogP contribution in [-0.2, 0) is 11.3 Å². The highest BCUT2D eigenvalue weighted by Gasteiger charge is 2.19. The Morgan fingerprint density at radius 3 is 2.93 bits per heavy atom. The maximum Gasteiger partial charge on any atom is 0.304 e. The van der Waals surface area contributed by atoms with E-state index in [-0.39, 0.29) is 10.8 Å². The van der Waals surface area contributed by atoms with Gasteiger partial charge in [-0.3, -0.25) is 9.59 Å². The molecule has 0 bridgehead atoms. The summed E-state index contributed by atoms with van der Waals surface area (Å²) in [6.07, 6.45) is 0.571. The summed E-state index contributed by atoms with van der Waals surface area (Å²) in [5, 5.41) is 7.63. The Kier molecular flexibility index (Phi) is 3.17. The van der Waals surface area contributed by atoms with Crippen molar-refractivity contribution in [3.05, 3.63) is 20.7 Å². The highest BCUT2D eigenvalue weighted by Crippen LogP contribution is 2.07. The van der Waals surface area contributed by atoms with Gasteiger partial charge in [-0.05, 0) is 19.0 Å². The number of aromatic amines is 1. The number of thiazole rings is 1.